The van der Waals surface area contributed by atoms with Crippen molar-refractivity contribution >= 4 is 11.8 Å². The SMILES string of the molecule is CNCc1cccc(SCc2nonc2C)c1. The maximum atomic E-state index is 4.67. The first kappa shape index (κ1) is 12.1. The van der Waals surface area contributed by atoms with Gasteiger partial charge in [-0.15, -0.1) is 11.8 Å². The van der Waals surface area contributed by atoms with Gasteiger partial charge in [-0.1, -0.05) is 22.4 Å². The molecular weight excluding hydrogens is 234 g/mol. The first-order valence-corrected chi connectivity index (χ1v) is 6.42. The highest BCUT2D eigenvalue weighted by atomic mass is 32.2. The molecule has 0 spiro atoms. The van der Waals surface area contributed by atoms with E-state index in [1.807, 2.05) is 14.0 Å². The molecule has 5 heteroatoms. The predicted octanol–water partition coefficient (Wildman–Crippen LogP) is 2.39. The van der Waals surface area contributed by atoms with Gasteiger partial charge in [0.05, 0.1) is 0 Å². The van der Waals surface area contributed by atoms with E-state index in [2.05, 4.69) is 44.5 Å². The zero-order chi connectivity index (χ0) is 12.1. The Kier molecular flexibility index (Phi) is 4.17. The van der Waals surface area contributed by atoms with E-state index in [-0.39, 0.29) is 0 Å². The molecule has 17 heavy (non-hydrogen) atoms. The molecule has 0 aliphatic carbocycles. The average molecular weight is 249 g/mol. The topological polar surface area (TPSA) is 51.0 Å². The number of benzene rings is 1. The molecule has 0 fully saturated rings. The summed E-state index contributed by atoms with van der Waals surface area (Å²) in [5.74, 6) is 0.790. The second-order valence-electron chi connectivity index (χ2n) is 3.76. The molecule has 0 amide bonds. The Morgan fingerprint density at radius 2 is 2.24 bits per heavy atom. The van der Waals surface area contributed by atoms with Gasteiger partial charge in [0, 0.05) is 17.2 Å². The van der Waals surface area contributed by atoms with E-state index in [1.54, 1.807) is 11.8 Å². The van der Waals surface area contributed by atoms with Gasteiger partial charge in [0.1, 0.15) is 11.4 Å². The third-order valence-electron chi connectivity index (χ3n) is 2.40. The minimum atomic E-state index is 0.790. The van der Waals surface area contributed by atoms with E-state index in [0.29, 0.717) is 0 Å². The number of rotatable bonds is 5. The van der Waals surface area contributed by atoms with Crippen LogP contribution < -0.4 is 5.32 Å². The molecule has 90 valence electrons. The molecule has 1 N–H and O–H groups in total. The Balaban J connectivity index is 1.99. The molecule has 2 aromatic rings. The van der Waals surface area contributed by atoms with Crippen molar-refractivity contribution in [3.05, 3.63) is 41.2 Å². The van der Waals surface area contributed by atoms with Gasteiger partial charge in [-0.05, 0) is 31.7 Å². The summed E-state index contributed by atoms with van der Waals surface area (Å²) in [6.45, 7) is 2.79. The molecule has 0 saturated heterocycles. The third-order valence-corrected chi connectivity index (χ3v) is 3.41. The van der Waals surface area contributed by atoms with Crippen LogP contribution >= 0.6 is 11.8 Å². The van der Waals surface area contributed by atoms with Gasteiger partial charge in [-0.2, -0.15) is 0 Å². The quantitative estimate of drug-likeness (QED) is 0.825. The van der Waals surface area contributed by atoms with Crippen LogP contribution in [0.15, 0.2) is 33.8 Å². The molecule has 0 bridgehead atoms. The van der Waals surface area contributed by atoms with Crippen molar-refractivity contribution in [3.8, 4) is 0 Å². The molecule has 0 aliphatic heterocycles. The van der Waals surface area contributed by atoms with E-state index in [9.17, 15) is 0 Å². The standard InChI is InChI=1S/C12H15N3OS/c1-9-12(15-16-14-9)8-17-11-5-3-4-10(6-11)7-13-2/h3-6,13H,7-8H2,1-2H3. The van der Waals surface area contributed by atoms with Crippen LogP contribution in [0, 0.1) is 6.92 Å². The van der Waals surface area contributed by atoms with E-state index in [0.717, 1.165) is 23.7 Å². The van der Waals surface area contributed by atoms with Gasteiger partial charge in [0.25, 0.3) is 0 Å². The highest BCUT2D eigenvalue weighted by Gasteiger charge is 2.05. The van der Waals surface area contributed by atoms with E-state index in [1.165, 1.54) is 10.5 Å². The fourth-order valence-electron chi connectivity index (χ4n) is 1.48. The Labute approximate surface area is 105 Å². The van der Waals surface area contributed by atoms with Crippen molar-refractivity contribution in [2.45, 2.75) is 24.1 Å². The highest BCUT2D eigenvalue weighted by molar-refractivity contribution is 7.98. The first-order valence-electron chi connectivity index (χ1n) is 5.44. The summed E-state index contributed by atoms with van der Waals surface area (Å²) in [5, 5.41) is 10.8. The molecule has 0 unspecified atom stereocenters. The summed E-state index contributed by atoms with van der Waals surface area (Å²) in [6, 6.07) is 8.48. The second kappa shape index (κ2) is 5.84. The molecule has 2 rings (SSSR count). The van der Waals surface area contributed by atoms with Gasteiger partial charge in [0.15, 0.2) is 0 Å². The number of hydrogen-bond acceptors (Lipinski definition) is 5. The lowest BCUT2D eigenvalue weighted by molar-refractivity contribution is 0.302. The minimum absolute atomic E-state index is 0.790. The lowest BCUT2D eigenvalue weighted by Crippen LogP contribution is -2.04. The average Bonchev–Trinajstić information content (AvgIpc) is 2.73. The van der Waals surface area contributed by atoms with Crippen molar-refractivity contribution in [3.63, 3.8) is 0 Å². The maximum absolute atomic E-state index is 4.67. The van der Waals surface area contributed by atoms with E-state index >= 15 is 0 Å². The highest BCUT2D eigenvalue weighted by Crippen LogP contribution is 2.23. The van der Waals surface area contributed by atoms with E-state index in [4.69, 9.17) is 0 Å². The minimum Gasteiger partial charge on any atom is -0.316 e. The number of nitrogens with zero attached hydrogens (tertiary/aromatic N) is 2. The van der Waals surface area contributed by atoms with Crippen LogP contribution in [0.4, 0.5) is 0 Å². The van der Waals surface area contributed by atoms with Crippen LogP contribution in [0.5, 0.6) is 0 Å². The lowest BCUT2D eigenvalue weighted by atomic mass is 10.2. The van der Waals surface area contributed by atoms with Crippen LogP contribution in [0.25, 0.3) is 0 Å². The van der Waals surface area contributed by atoms with Crippen LogP contribution in [0.1, 0.15) is 17.0 Å². The van der Waals surface area contributed by atoms with Gasteiger partial charge >= 0.3 is 0 Å². The number of nitrogens with one attached hydrogen (secondary N) is 1. The Morgan fingerprint density at radius 3 is 2.94 bits per heavy atom. The summed E-state index contributed by atoms with van der Waals surface area (Å²) in [7, 11) is 1.95. The van der Waals surface area contributed by atoms with Crippen molar-refractivity contribution < 1.29 is 4.63 Å². The van der Waals surface area contributed by atoms with Crippen LogP contribution in [0.2, 0.25) is 0 Å². The number of aryl methyl sites for hydroxylation is 1. The number of hydrogen-bond donors (Lipinski definition) is 1. The molecule has 1 aromatic carbocycles. The van der Waals surface area contributed by atoms with Crippen molar-refractivity contribution in [1.82, 2.24) is 15.6 Å². The largest absolute Gasteiger partial charge is 0.316 e. The molecule has 0 atom stereocenters. The lowest BCUT2D eigenvalue weighted by Gasteiger charge is -2.03. The summed E-state index contributed by atoms with van der Waals surface area (Å²) >= 11 is 1.74. The molecule has 1 aromatic heterocycles. The molecule has 0 radical (unpaired) electrons. The Bertz CT molecular complexity index is 484. The fourth-order valence-corrected chi connectivity index (χ4v) is 2.46. The zero-order valence-electron chi connectivity index (χ0n) is 9.93. The molecule has 0 saturated carbocycles. The number of aromatic nitrogens is 2. The van der Waals surface area contributed by atoms with Gasteiger partial charge < -0.3 is 5.32 Å². The molecular formula is C12H15N3OS. The number of thioether (sulfide) groups is 1. The summed E-state index contributed by atoms with van der Waals surface area (Å²) in [5.41, 5.74) is 3.06. The van der Waals surface area contributed by atoms with Crippen molar-refractivity contribution in [2.75, 3.05) is 7.05 Å². The van der Waals surface area contributed by atoms with Crippen LogP contribution in [-0.4, -0.2) is 17.4 Å². The second-order valence-corrected chi connectivity index (χ2v) is 4.81. The summed E-state index contributed by atoms with van der Waals surface area (Å²) in [4.78, 5) is 1.24. The van der Waals surface area contributed by atoms with Crippen LogP contribution in [0.3, 0.4) is 0 Å². The zero-order valence-corrected chi connectivity index (χ0v) is 10.8. The monoisotopic (exact) mass is 249 g/mol. The first-order chi connectivity index (χ1) is 8.29. The smallest absolute Gasteiger partial charge is 0.118 e. The third kappa shape index (κ3) is 3.31. The van der Waals surface area contributed by atoms with Crippen molar-refractivity contribution in [1.29, 1.82) is 0 Å². The fraction of sp³-hybridized carbons (Fsp3) is 0.333. The predicted molar refractivity (Wildman–Crippen MR) is 67.8 cm³/mol. The van der Waals surface area contributed by atoms with Gasteiger partial charge in [0.2, 0.25) is 0 Å². The van der Waals surface area contributed by atoms with Crippen molar-refractivity contribution in [2.24, 2.45) is 0 Å². The molecule has 1 heterocycles. The van der Waals surface area contributed by atoms with Crippen LogP contribution in [-0.2, 0) is 12.3 Å². The summed E-state index contributed by atoms with van der Waals surface area (Å²) < 4.78 is 4.67. The maximum Gasteiger partial charge on any atom is 0.118 e. The van der Waals surface area contributed by atoms with Gasteiger partial charge in [-0.3, -0.25) is 0 Å². The molecule has 0 aliphatic rings. The normalized spacial score (nSPS) is 10.7. The molecule has 4 nitrogen and oxygen atoms in total. The Hall–Kier alpha value is -1.33. The summed E-state index contributed by atoms with van der Waals surface area (Å²) in [6.07, 6.45) is 0. The van der Waals surface area contributed by atoms with E-state index < -0.39 is 0 Å². The Morgan fingerprint density at radius 1 is 1.35 bits per heavy atom. The van der Waals surface area contributed by atoms with Gasteiger partial charge in [-0.25, -0.2) is 4.63 Å².